The molecule has 1 saturated heterocycles. The monoisotopic (exact) mass is 152 g/mol. The molecule has 2 aliphatic heterocycles. The molecule has 0 aromatic carbocycles. The van der Waals surface area contributed by atoms with E-state index in [1.54, 1.807) is 0 Å². The zero-order valence-corrected chi connectivity index (χ0v) is 7.29. The van der Waals surface area contributed by atoms with E-state index in [0.717, 1.165) is 11.8 Å². The molecule has 1 fully saturated rings. The lowest BCUT2D eigenvalue weighted by Crippen LogP contribution is -2.31. The highest BCUT2D eigenvalue weighted by atomic mass is 16.5. The highest BCUT2D eigenvalue weighted by Gasteiger charge is 2.33. The summed E-state index contributed by atoms with van der Waals surface area (Å²) < 4.78 is 5.76. The predicted molar refractivity (Wildman–Crippen MR) is 45.4 cm³/mol. The highest BCUT2D eigenvalue weighted by molar-refractivity contribution is 5.07. The van der Waals surface area contributed by atoms with Crippen molar-refractivity contribution in [3.63, 3.8) is 0 Å². The summed E-state index contributed by atoms with van der Waals surface area (Å²) in [5, 5.41) is 0. The number of hydrogen-bond donors (Lipinski definition) is 0. The Morgan fingerprint density at radius 3 is 2.82 bits per heavy atom. The smallest absolute Gasteiger partial charge is 0.0795 e. The van der Waals surface area contributed by atoms with Crippen molar-refractivity contribution in [1.29, 1.82) is 0 Å². The Labute approximate surface area is 68.4 Å². The van der Waals surface area contributed by atoms with Crippen LogP contribution >= 0.6 is 0 Å². The Hall–Kier alpha value is -0.300. The summed E-state index contributed by atoms with van der Waals surface area (Å²) in [5.41, 5.74) is 0. The SMILES string of the molecule is CC(C)C1CCC2C=CC1O2. The molecule has 0 aromatic rings. The molecule has 11 heavy (non-hydrogen) atoms. The highest BCUT2D eigenvalue weighted by Crippen LogP contribution is 2.35. The van der Waals surface area contributed by atoms with Crippen LogP contribution in [0, 0.1) is 11.8 Å². The lowest BCUT2D eigenvalue weighted by atomic mass is 9.85. The van der Waals surface area contributed by atoms with E-state index in [2.05, 4.69) is 26.0 Å². The van der Waals surface area contributed by atoms with Crippen LogP contribution in [0.4, 0.5) is 0 Å². The molecule has 0 amide bonds. The molecule has 2 bridgehead atoms. The number of rotatable bonds is 1. The zero-order chi connectivity index (χ0) is 7.84. The minimum Gasteiger partial charge on any atom is -0.367 e. The summed E-state index contributed by atoms with van der Waals surface area (Å²) in [5.74, 6) is 1.54. The van der Waals surface area contributed by atoms with Crippen LogP contribution in [0.15, 0.2) is 12.2 Å². The molecule has 2 aliphatic rings. The lowest BCUT2D eigenvalue weighted by molar-refractivity contribution is -0.0318. The summed E-state index contributed by atoms with van der Waals surface area (Å²) in [6.07, 6.45) is 7.95. The first kappa shape index (κ1) is 7.35. The molecule has 0 N–H and O–H groups in total. The predicted octanol–water partition coefficient (Wildman–Crippen LogP) is 2.38. The van der Waals surface area contributed by atoms with Crippen LogP contribution in [-0.4, -0.2) is 12.2 Å². The molecule has 62 valence electrons. The summed E-state index contributed by atoms with van der Waals surface area (Å²) >= 11 is 0. The average Bonchev–Trinajstić information content (AvgIpc) is 2.32. The van der Waals surface area contributed by atoms with Gasteiger partial charge in [0, 0.05) is 0 Å². The van der Waals surface area contributed by atoms with Gasteiger partial charge in [-0.1, -0.05) is 26.0 Å². The number of hydrogen-bond acceptors (Lipinski definition) is 1. The first-order chi connectivity index (χ1) is 5.27. The number of fused-ring (bicyclic) bond motifs is 2. The van der Waals surface area contributed by atoms with Crippen molar-refractivity contribution in [3.05, 3.63) is 12.2 Å². The van der Waals surface area contributed by atoms with Crippen LogP contribution < -0.4 is 0 Å². The van der Waals surface area contributed by atoms with Crippen molar-refractivity contribution in [2.75, 3.05) is 0 Å². The fraction of sp³-hybridized carbons (Fsp3) is 0.800. The third-order valence-corrected chi connectivity index (χ3v) is 2.91. The Kier molecular flexibility index (Phi) is 1.76. The van der Waals surface area contributed by atoms with Crippen LogP contribution in [0.1, 0.15) is 26.7 Å². The average molecular weight is 152 g/mol. The quantitative estimate of drug-likeness (QED) is 0.524. The second-order valence-electron chi connectivity index (χ2n) is 4.01. The van der Waals surface area contributed by atoms with Crippen LogP contribution in [0.5, 0.6) is 0 Å². The summed E-state index contributed by atoms with van der Waals surface area (Å²) in [4.78, 5) is 0. The van der Waals surface area contributed by atoms with E-state index in [1.165, 1.54) is 12.8 Å². The molecule has 0 radical (unpaired) electrons. The molecule has 3 unspecified atom stereocenters. The van der Waals surface area contributed by atoms with Crippen LogP contribution in [-0.2, 0) is 4.74 Å². The van der Waals surface area contributed by atoms with Gasteiger partial charge in [0.25, 0.3) is 0 Å². The van der Waals surface area contributed by atoms with Crippen molar-refractivity contribution in [2.24, 2.45) is 11.8 Å². The lowest BCUT2D eigenvalue weighted by Gasteiger charge is -2.32. The van der Waals surface area contributed by atoms with E-state index >= 15 is 0 Å². The van der Waals surface area contributed by atoms with E-state index in [9.17, 15) is 0 Å². The second kappa shape index (κ2) is 2.63. The van der Waals surface area contributed by atoms with Gasteiger partial charge in [0.05, 0.1) is 12.2 Å². The molecule has 3 atom stereocenters. The Bertz CT molecular complexity index is 172. The second-order valence-corrected chi connectivity index (χ2v) is 4.01. The van der Waals surface area contributed by atoms with Crippen LogP contribution in [0.2, 0.25) is 0 Å². The largest absolute Gasteiger partial charge is 0.367 e. The van der Waals surface area contributed by atoms with Gasteiger partial charge in [0.15, 0.2) is 0 Å². The van der Waals surface area contributed by atoms with Crippen molar-refractivity contribution >= 4 is 0 Å². The third kappa shape index (κ3) is 1.22. The first-order valence-corrected chi connectivity index (χ1v) is 4.61. The topological polar surface area (TPSA) is 9.23 Å². The van der Waals surface area contributed by atoms with Crippen molar-refractivity contribution in [2.45, 2.75) is 38.9 Å². The van der Waals surface area contributed by atoms with Gasteiger partial charge >= 0.3 is 0 Å². The van der Waals surface area contributed by atoms with Gasteiger partial charge in [-0.3, -0.25) is 0 Å². The normalized spacial score (nSPS) is 41.9. The van der Waals surface area contributed by atoms with E-state index < -0.39 is 0 Å². The Balaban J connectivity index is 2.07. The minimum atomic E-state index is 0.439. The summed E-state index contributed by atoms with van der Waals surface area (Å²) in [6, 6.07) is 0. The molecule has 0 spiro atoms. The maximum atomic E-state index is 5.76. The molecular formula is C10H16O. The van der Waals surface area contributed by atoms with E-state index in [-0.39, 0.29) is 0 Å². The van der Waals surface area contributed by atoms with Crippen molar-refractivity contribution in [3.8, 4) is 0 Å². The standard InChI is InChI=1S/C10H16O/c1-7(2)9-5-3-8-4-6-10(9)11-8/h4,6-10H,3,5H2,1-2H3. The molecule has 0 saturated carbocycles. The molecule has 0 aliphatic carbocycles. The fourth-order valence-electron chi connectivity index (χ4n) is 2.17. The van der Waals surface area contributed by atoms with Crippen LogP contribution in [0.25, 0.3) is 0 Å². The molecule has 1 heteroatoms. The first-order valence-electron chi connectivity index (χ1n) is 4.61. The summed E-state index contributed by atoms with van der Waals surface area (Å²) in [6.45, 7) is 4.58. The maximum Gasteiger partial charge on any atom is 0.0795 e. The van der Waals surface area contributed by atoms with Gasteiger partial charge in [-0.05, 0) is 24.7 Å². The molecule has 1 nitrogen and oxygen atoms in total. The molecule has 0 aromatic heterocycles. The van der Waals surface area contributed by atoms with Gasteiger partial charge in [0.2, 0.25) is 0 Å². The van der Waals surface area contributed by atoms with Gasteiger partial charge in [-0.25, -0.2) is 0 Å². The molecular weight excluding hydrogens is 136 g/mol. The van der Waals surface area contributed by atoms with Crippen molar-refractivity contribution < 1.29 is 4.74 Å². The molecule has 2 heterocycles. The summed E-state index contributed by atoms with van der Waals surface area (Å²) in [7, 11) is 0. The van der Waals surface area contributed by atoms with Crippen LogP contribution in [0.3, 0.4) is 0 Å². The van der Waals surface area contributed by atoms with Gasteiger partial charge in [0.1, 0.15) is 0 Å². The van der Waals surface area contributed by atoms with Gasteiger partial charge in [-0.15, -0.1) is 0 Å². The Morgan fingerprint density at radius 1 is 1.27 bits per heavy atom. The Morgan fingerprint density at radius 2 is 2.09 bits per heavy atom. The van der Waals surface area contributed by atoms with Gasteiger partial charge < -0.3 is 4.74 Å². The number of ether oxygens (including phenoxy) is 1. The molecule has 2 rings (SSSR count). The van der Waals surface area contributed by atoms with E-state index in [0.29, 0.717) is 12.2 Å². The van der Waals surface area contributed by atoms with Gasteiger partial charge in [-0.2, -0.15) is 0 Å². The third-order valence-electron chi connectivity index (χ3n) is 2.91. The van der Waals surface area contributed by atoms with Crippen molar-refractivity contribution in [1.82, 2.24) is 0 Å². The maximum absolute atomic E-state index is 5.76. The van der Waals surface area contributed by atoms with E-state index in [1.807, 2.05) is 0 Å². The zero-order valence-electron chi connectivity index (χ0n) is 7.29. The fourth-order valence-corrected chi connectivity index (χ4v) is 2.17. The minimum absolute atomic E-state index is 0.439. The van der Waals surface area contributed by atoms with E-state index in [4.69, 9.17) is 4.74 Å².